The molecule has 0 aliphatic rings. The standard InChI is InChI=1S/C27H24N2O4/c1-3-32-24-15-25-22(23(16-33-25)18-7-5-4-6-8-18)14-21(24)17(2)13-26(30)29-20-11-9-19(10-12-20)27(28)31/h4-16H,3H2,1-2H3,(H2,28,31)(H,29,30)/b17-13+. The third-order valence-electron chi connectivity index (χ3n) is 5.27. The maximum Gasteiger partial charge on any atom is 0.248 e. The Kier molecular flexibility index (Phi) is 6.26. The number of nitrogens with one attached hydrogen (secondary N) is 1. The van der Waals surface area contributed by atoms with E-state index >= 15 is 0 Å². The number of amides is 2. The summed E-state index contributed by atoms with van der Waals surface area (Å²) in [4.78, 5) is 23.9. The van der Waals surface area contributed by atoms with Gasteiger partial charge in [-0.15, -0.1) is 0 Å². The summed E-state index contributed by atoms with van der Waals surface area (Å²) in [6.45, 7) is 4.26. The molecule has 33 heavy (non-hydrogen) atoms. The minimum atomic E-state index is -0.517. The molecule has 0 saturated carbocycles. The molecule has 0 radical (unpaired) electrons. The summed E-state index contributed by atoms with van der Waals surface area (Å²) >= 11 is 0. The number of nitrogens with two attached hydrogens (primary N) is 1. The van der Waals surface area contributed by atoms with E-state index in [1.165, 1.54) is 6.08 Å². The number of anilines is 1. The minimum Gasteiger partial charge on any atom is -0.493 e. The Bertz CT molecular complexity index is 1340. The third-order valence-corrected chi connectivity index (χ3v) is 5.27. The molecule has 4 aromatic rings. The molecule has 2 amide bonds. The van der Waals surface area contributed by atoms with Crippen LogP contribution in [-0.4, -0.2) is 18.4 Å². The van der Waals surface area contributed by atoms with Gasteiger partial charge in [-0.3, -0.25) is 9.59 Å². The molecule has 0 aliphatic carbocycles. The van der Waals surface area contributed by atoms with Crippen LogP contribution >= 0.6 is 0 Å². The Labute approximate surface area is 191 Å². The molecule has 0 atom stereocenters. The fourth-order valence-electron chi connectivity index (χ4n) is 3.65. The number of carbonyl (C=O) groups is 2. The van der Waals surface area contributed by atoms with Crippen molar-refractivity contribution in [1.82, 2.24) is 0 Å². The highest BCUT2D eigenvalue weighted by Gasteiger charge is 2.15. The van der Waals surface area contributed by atoms with Gasteiger partial charge in [0.2, 0.25) is 11.8 Å². The van der Waals surface area contributed by atoms with Crippen molar-refractivity contribution >= 4 is 34.0 Å². The lowest BCUT2D eigenvalue weighted by atomic mass is 9.99. The molecule has 0 bridgehead atoms. The first kappa shape index (κ1) is 21.9. The lowest BCUT2D eigenvalue weighted by Gasteiger charge is -2.12. The molecule has 0 fully saturated rings. The van der Waals surface area contributed by atoms with Gasteiger partial charge in [-0.2, -0.15) is 0 Å². The molecule has 4 rings (SSSR count). The second-order valence-electron chi connectivity index (χ2n) is 7.55. The zero-order valence-electron chi connectivity index (χ0n) is 18.4. The number of hydrogen-bond acceptors (Lipinski definition) is 4. The first-order valence-corrected chi connectivity index (χ1v) is 10.6. The highest BCUT2D eigenvalue weighted by molar-refractivity contribution is 6.05. The Hall–Kier alpha value is -4.32. The molecule has 166 valence electrons. The van der Waals surface area contributed by atoms with E-state index in [0.29, 0.717) is 29.2 Å². The number of carbonyl (C=O) groups excluding carboxylic acids is 2. The Morgan fingerprint density at radius 1 is 1.06 bits per heavy atom. The van der Waals surface area contributed by atoms with E-state index in [2.05, 4.69) is 5.32 Å². The molecule has 0 saturated heterocycles. The first-order valence-electron chi connectivity index (χ1n) is 10.6. The minimum absolute atomic E-state index is 0.294. The average molecular weight is 440 g/mol. The maximum absolute atomic E-state index is 12.6. The van der Waals surface area contributed by atoms with E-state index in [4.69, 9.17) is 14.9 Å². The van der Waals surface area contributed by atoms with Crippen LogP contribution in [0.15, 0.2) is 83.5 Å². The first-order chi connectivity index (χ1) is 16.0. The van der Waals surface area contributed by atoms with E-state index in [1.54, 1.807) is 30.5 Å². The quantitative estimate of drug-likeness (QED) is 0.364. The zero-order valence-corrected chi connectivity index (χ0v) is 18.4. The van der Waals surface area contributed by atoms with Crippen LogP contribution in [0.5, 0.6) is 5.75 Å². The molecule has 6 nitrogen and oxygen atoms in total. The van der Waals surface area contributed by atoms with E-state index < -0.39 is 5.91 Å². The van der Waals surface area contributed by atoms with Crippen molar-refractivity contribution in [3.63, 3.8) is 0 Å². The molecule has 1 aromatic heterocycles. The van der Waals surface area contributed by atoms with Gasteiger partial charge in [0.15, 0.2) is 0 Å². The van der Waals surface area contributed by atoms with Gasteiger partial charge in [-0.25, -0.2) is 0 Å². The molecule has 1 heterocycles. The SMILES string of the molecule is CCOc1cc2occ(-c3ccccc3)c2cc1/C(C)=C/C(=O)Nc1ccc(C(N)=O)cc1. The van der Waals surface area contributed by atoms with Gasteiger partial charge in [0.25, 0.3) is 0 Å². The smallest absolute Gasteiger partial charge is 0.248 e. The van der Waals surface area contributed by atoms with Crippen molar-refractivity contribution in [2.24, 2.45) is 5.73 Å². The summed E-state index contributed by atoms with van der Waals surface area (Å²) in [6, 6.07) is 20.2. The second kappa shape index (κ2) is 9.44. The van der Waals surface area contributed by atoms with Crippen LogP contribution in [0.4, 0.5) is 5.69 Å². The number of ether oxygens (including phenoxy) is 1. The molecule has 0 spiro atoms. The van der Waals surface area contributed by atoms with Crippen molar-refractivity contribution in [3.8, 4) is 16.9 Å². The Morgan fingerprint density at radius 2 is 1.79 bits per heavy atom. The van der Waals surface area contributed by atoms with Crippen molar-refractivity contribution in [1.29, 1.82) is 0 Å². The molecule has 3 N–H and O–H groups in total. The van der Waals surface area contributed by atoms with Crippen molar-refractivity contribution in [3.05, 3.63) is 90.2 Å². The second-order valence-corrected chi connectivity index (χ2v) is 7.55. The van der Waals surface area contributed by atoms with Crippen molar-refractivity contribution in [2.75, 3.05) is 11.9 Å². The summed E-state index contributed by atoms with van der Waals surface area (Å²) in [5, 5.41) is 3.74. The highest BCUT2D eigenvalue weighted by Crippen LogP contribution is 2.37. The topological polar surface area (TPSA) is 94.6 Å². The number of primary amides is 1. The predicted octanol–water partition coefficient (Wildman–Crippen LogP) is 5.64. The summed E-state index contributed by atoms with van der Waals surface area (Å²) < 4.78 is 11.6. The summed E-state index contributed by atoms with van der Waals surface area (Å²) in [6.07, 6.45) is 3.26. The van der Waals surface area contributed by atoms with Gasteiger partial charge in [0.1, 0.15) is 11.3 Å². The van der Waals surface area contributed by atoms with E-state index in [-0.39, 0.29) is 5.91 Å². The predicted molar refractivity (Wildman–Crippen MR) is 130 cm³/mol. The van der Waals surface area contributed by atoms with Crippen LogP contribution in [0.25, 0.3) is 27.7 Å². The fourth-order valence-corrected chi connectivity index (χ4v) is 3.65. The van der Waals surface area contributed by atoms with Crippen LogP contribution in [0, 0.1) is 0 Å². The summed E-state index contributed by atoms with van der Waals surface area (Å²) in [7, 11) is 0. The average Bonchev–Trinajstić information content (AvgIpc) is 3.22. The van der Waals surface area contributed by atoms with E-state index in [0.717, 1.165) is 27.6 Å². The lowest BCUT2D eigenvalue weighted by Crippen LogP contribution is -2.12. The summed E-state index contributed by atoms with van der Waals surface area (Å²) in [5.41, 5.74) is 10.5. The molecule has 0 unspecified atom stereocenters. The van der Waals surface area contributed by atoms with E-state index in [9.17, 15) is 9.59 Å². The largest absolute Gasteiger partial charge is 0.493 e. The van der Waals surface area contributed by atoms with Gasteiger partial charge in [0, 0.05) is 39.9 Å². The highest BCUT2D eigenvalue weighted by atomic mass is 16.5. The van der Waals surface area contributed by atoms with Gasteiger partial charge in [-0.05, 0) is 55.3 Å². The maximum atomic E-state index is 12.6. The van der Waals surface area contributed by atoms with Crippen molar-refractivity contribution in [2.45, 2.75) is 13.8 Å². The van der Waals surface area contributed by atoms with Crippen LogP contribution in [0.1, 0.15) is 29.8 Å². The molecule has 0 aliphatic heterocycles. The number of allylic oxidation sites excluding steroid dienone is 1. The third kappa shape index (κ3) is 4.80. The molecular formula is C27H24N2O4. The normalized spacial score (nSPS) is 11.4. The number of furan rings is 1. The van der Waals surface area contributed by atoms with E-state index in [1.807, 2.05) is 56.3 Å². The monoisotopic (exact) mass is 440 g/mol. The van der Waals surface area contributed by atoms with Gasteiger partial charge < -0.3 is 20.2 Å². The molecule has 3 aromatic carbocycles. The fraction of sp³-hybridized carbons (Fsp3) is 0.111. The number of fused-ring (bicyclic) bond motifs is 1. The van der Waals surface area contributed by atoms with Gasteiger partial charge >= 0.3 is 0 Å². The Balaban J connectivity index is 1.67. The Morgan fingerprint density at radius 3 is 2.45 bits per heavy atom. The molecular weight excluding hydrogens is 416 g/mol. The lowest BCUT2D eigenvalue weighted by molar-refractivity contribution is -0.111. The molecule has 6 heteroatoms. The number of hydrogen-bond donors (Lipinski definition) is 2. The van der Waals surface area contributed by atoms with Gasteiger partial charge in [0.05, 0.1) is 12.9 Å². The van der Waals surface area contributed by atoms with Crippen LogP contribution in [-0.2, 0) is 4.79 Å². The van der Waals surface area contributed by atoms with Crippen LogP contribution < -0.4 is 15.8 Å². The zero-order chi connectivity index (χ0) is 23.4. The number of benzene rings is 3. The van der Waals surface area contributed by atoms with Crippen LogP contribution in [0.2, 0.25) is 0 Å². The van der Waals surface area contributed by atoms with Crippen LogP contribution in [0.3, 0.4) is 0 Å². The number of rotatable bonds is 7. The van der Waals surface area contributed by atoms with Crippen molar-refractivity contribution < 1.29 is 18.7 Å². The van der Waals surface area contributed by atoms with Gasteiger partial charge in [-0.1, -0.05) is 30.3 Å². The summed E-state index contributed by atoms with van der Waals surface area (Å²) in [5.74, 6) is -0.166.